The molecule has 43 heavy (non-hydrogen) atoms. The third-order valence-corrected chi connectivity index (χ3v) is 7.25. The number of unbranched alkanes of at least 4 members (excludes halogenated alkanes) is 2. The monoisotopic (exact) mass is 580 g/mol. The smallest absolute Gasteiger partial charge is 0.269 e. The van der Waals surface area contributed by atoms with Crippen LogP contribution in [-0.2, 0) is 35.5 Å². The second-order valence-electron chi connectivity index (χ2n) is 10.6. The molecule has 7 heteroatoms. The number of benzene rings is 4. The second-order valence-corrected chi connectivity index (χ2v) is 10.6. The Morgan fingerprint density at radius 3 is 2.09 bits per heavy atom. The first-order valence-corrected chi connectivity index (χ1v) is 15.0. The van der Waals surface area contributed by atoms with E-state index in [1.54, 1.807) is 12.1 Å². The maximum absolute atomic E-state index is 13.2. The number of ether oxygens (including phenoxy) is 2. The lowest BCUT2D eigenvalue weighted by atomic mass is 10.1. The van der Waals surface area contributed by atoms with Crippen molar-refractivity contribution in [3.63, 3.8) is 0 Å². The van der Waals surface area contributed by atoms with E-state index in [0.717, 1.165) is 62.0 Å². The molecule has 224 valence electrons. The lowest BCUT2D eigenvalue weighted by Gasteiger charge is -2.23. The molecule has 0 radical (unpaired) electrons. The van der Waals surface area contributed by atoms with Gasteiger partial charge < -0.3 is 14.4 Å². The molecule has 0 aliphatic heterocycles. The quantitative estimate of drug-likeness (QED) is 0.0689. The number of amides is 1. The van der Waals surface area contributed by atoms with Gasteiger partial charge in [0.2, 0.25) is 5.91 Å². The minimum atomic E-state index is -0.408. The number of carbonyl (C=O) groups excluding carboxylic acids is 1. The molecule has 0 bridgehead atoms. The van der Waals surface area contributed by atoms with Crippen molar-refractivity contribution in [2.45, 2.75) is 51.7 Å². The Kier molecular flexibility index (Phi) is 12.8. The Labute approximate surface area is 254 Å². The van der Waals surface area contributed by atoms with Crippen LogP contribution in [0.5, 0.6) is 5.75 Å². The first-order chi connectivity index (χ1) is 21.1. The Morgan fingerprint density at radius 2 is 1.37 bits per heavy atom. The zero-order chi connectivity index (χ0) is 30.1. The van der Waals surface area contributed by atoms with E-state index in [9.17, 15) is 14.9 Å². The molecule has 4 aromatic rings. The molecular formula is C36H40N2O5. The van der Waals surface area contributed by atoms with E-state index in [-0.39, 0.29) is 18.2 Å². The van der Waals surface area contributed by atoms with Crippen LogP contribution in [-0.4, -0.2) is 35.5 Å². The summed E-state index contributed by atoms with van der Waals surface area (Å²) in [7, 11) is 0. The summed E-state index contributed by atoms with van der Waals surface area (Å²) in [6, 6.07) is 34.7. The Balaban J connectivity index is 1.20. The predicted molar refractivity (Wildman–Crippen MR) is 169 cm³/mol. The molecule has 4 rings (SSSR count). The number of nitro groups is 1. The van der Waals surface area contributed by atoms with Gasteiger partial charge in [-0.1, -0.05) is 91.3 Å². The first-order valence-electron chi connectivity index (χ1n) is 15.0. The van der Waals surface area contributed by atoms with Crippen LogP contribution in [0.4, 0.5) is 5.69 Å². The standard InChI is InChI=1S/C36H40N2O5/c39-36(17-8-3-9-25-42-26-23-30-11-4-1-5-12-30)37(28-32-13-6-2-7-14-32)24-22-31-18-20-35(21-19-31)43-29-33-15-10-16-34(27-33)38(40)41/h1-2,4-7,10-16,18-21,27H,3,8-9,17,22-26,28-29H2. The molecule has 0 aromatic heterocycles. The van der Waals surface area contributed by atoms with Gasteiger partial charge in [-0.15, -0.1) is 0 Å². The van der Waals surface area contributed by atoms with E-state index in [0.29, 0.717) is 25.3 Å². The fourth-order valence-corrected chi connectivity index (χ4v) is 4.79. The molecule has 0 atom stereocenters. The summed E-state index contributed by atoms with van der Waals surface area (Å²) in [5.41, 5.74) is 4.31. The van der Waals surface area contributed by atoms with Crippen LogP contribution in [0.1, 0.15) is 47.9 Å². The van der Waals surface area contributed by atoms with Crippen molar-refractivity contribution in [1.29, 1.82) is 0 Å². The van der Waals surface area contributed by atoms with Crippen LogP contribution in [0.3, 0.4) is 0 Å². The highest BCUT2D eigenvalue weighted by Crippen LogP contribution is 2.18. The van der Waals surface area contributed by atoms with Gasteiger partial charge in [0.1, 0.15) is 12.4 Å². The molecule has 0 spiro atoms. The highest BCUT2D eigenvalue weighted by Gasteiger charge is 2.14. The second kappa shape index (κ2) is 17.5. The normalized spacial score (nSPS) is 10.8. The van der Waals surface area contributed by atoms with Gasteiger partial charge in [0.15, 0.2) is 0 Å². The van der Waals surface area contributed by atoms with Gasteiger partial charge in [0, 0.05) is 38.2 Å². The Bertz CT molecular complexity index is 1390. The number of non-ortho nitro benzene ring substituents is 1. The van der Waals surface area contributed by atoms with Crippen molar-refractivity contribution in [3.05, 3.63) is 142 Å². The minimum absolute atomic E-state index is 0.0506. The van der Waals surface area contributed by atoms with Crippen LogP contribution < -0.4 is 4.74 Å². The molecule has 0 unspecified atom stereocenters. The van der Waals surface area contributed by atoms with Gasteiger partial charge >= 0.3 is 0 Å². The van der Waals surface area contributed by atoms with Gasteiger partial charge in [-0.2, -0.15) is 0 Å². The van der Waals surface area contributed by atoms with Crippen molar-refractivity contribution in [2.75, 3.05) is 19.8 Å². The first kappa shape index (κ1) is 31.4. The van der Waals surface area contributed by atoms with Crippen LogP contribution in [0.2, 0.25) is 0 Å². The largest absolute Gasteiger partial charge is 0.489 e. The molecule has 4 aromatic carbocycles. The highest BCUT2D eigenvalue weighted by atomic mass is 16.6. The third kappa shape index (κ3) is 11.4. The van der Waals surface area contributed by atoms with Crippen molar-refractivity contribution < 1.29 is 19.2 Å². The maximum Gasteiger partial charge on any atom is 0.269 e. The Hall–Kier alpha value is -4.49. The molecule has 0 saturated carbocycles. The van der Waals surface area contributed by atoms with Crippen LogP contribution in [0.25, 0.3) is 0 Å². The number of rotatable bonds is 18. The summed E-state index contributed by atoms with van der Waals surface area (Å²) in [5, 5.41) is 11.0. The van der Waals surface area contributed by atoms with Crippen molar-refractivity contribution in [3.8, 4) is 5.75 Å². The number of hydrogen-bond donors (Lipinski definition) is 0. The average Bonchev–Trinajstić information content (AvgIpc) is 3.04. The highest BCUT2D eigenvalue weighted by molar-refractivity contribution is 5.76. The molecule has 0 fully saturated rings. The maximum atomic E-state index is 13.2. The summed E-state index contributed by atoms with van der Waals surface area (Å²) in [5.74, 6) is 0.863. The molecule has 0 N–H and O–H groups in total. The van der Waals surface area contributed by atoms with E-state index < -0.39 is 4.92 Å². The minimum Gasteiger partial charge on any atom is -0.489 e. The third-order valence-electron chi connectivity index (χ3n) is 7.25. The van der Waals surface area contributed by atoms with Gasteiger partial charge in [-0.05, 0) is 60.1 Å². The summed E-state index contributed by atoms with van der Waals surface area (Å²) in [6.07, 6.45) is 4.96. The molecule has 0 saturated heterocycles. The molecule has 0 aliphatic rings. The summed E-state index contributed by atoms with van der Waals surface area (Å²) < 4.78 is 11.6. The summed E-state index contributed by atoms with van der Waals surface area (Å²) in [6.45, 7) is 2.91. The Morgan fingerprint density at radius 1 is 0.698 bits per heavy atom. The molecule has 0 aliphatic carbocycles. The van der Waals surface area contributed by atoms with Crippen molar-refractivity contribution in [1.82, 2.24) is 4.90 Å². The van der Waals surface area contributed by atoms with E-state index in [1.807, 2.05) is 65.6 Å². The predicted octanol–water partition coefficient (Wildman–Crippen LogP) is 7.56. The fourth-order valence-electron chi connectivity index (χ4n) is 4.79. The van der Waals surface area contributed by atoms with Crippen LogP contribution in [0.15, 0.2) is 109 Å². The molecule has 7 nitrogen and oxygen atoms in total. The number of nitrogens with zero attached hydrogens (tertiary/aromatic N) is 2. The summed E-state index contributed by atoms with van der Waals surface area (Å²) in [4.78, 5) is 25.8. The van der Waals surface area contributed by atoms with Crippen molar-refractivity contribution in [2.24, 2.45) is 0 Å². The lowest BCUT2D eigenvalue weighted by molar-refractivity contribution is -0.384. The number of carbonyl (C=O) groups is 1. The van der Waals surface area contributed by atoms with E-state index >= 15 is 0 Å². The lowest BCUT2D eigenvalue weighted by Crippen LogP contribution is -2.32. The fraction of sp³-hybridized carbons (Fsp3) is 0.306. The zero-order valence-electron chi connectivity index (χ0n) is 24.6. The molecular weight excluding hydrogens is 540 g/mol. The van der Waals surface area contributed by atoms with Crippen LogP contribution in [0, 0.1) is 10.1 Å². The van der Waals surface area contributed by atoms with Crippen molar-refractivity contribution >= 4 is 11.6 Å². The summed E-state index contributed by atoms with van der Waals surface area (Å²) >= 11 is 0. The van der Waals surface area contributed by atoms with Gasteiger partial charge in [0.25, 0.3) is 5.69 Å². The zero-order valence-corrected chi connectivity index (χ0v) is 24.6. The molecule has 1 amide bonds. The van der Waals surface area contributed by atoms with Gasteiger partial charge in [-0.3, -0.25) is 14.9 Å². The topological polar surface area (TPSA) is 81.9 Å². The molecule has 0 heterocycles. The number of hydrogen-bond acceptors (Lipinski definition) is 5. The number of nitro benzene ring substituents is 1. The SMILES string of the molecule is O=C(CCCCCOCCc1ccccc1)N(CCc1ccc(OCc2cccc([N+](=O)[O-])c2)cc1)Cc1ccccc1. The van der Waals surface area contributed by atoms with Gasteiger partial charge in [0.05, 0.1) is 11.5 Å². The van der Waals surface area contributed by atoms with E-state index in [1.165, 1.54) is 17.7 Å². The van der Waals surface area contributed by atoms with Gasteiger partial charge in [-0.25, -0.2) is 0 Å². The van der Waals surface area contributed by atoms with Crippen LogP contribution >= 0.6 is 0 Å². The van der Waals surface area contributed by atoms with E-state index in [2.05, 4.69) is 24.3 Å². The average molecular weight is 581 g/mol. The van der Waals surface area contributed by atoms with E-state index in [4.69, 9.17) is 9.47 Å².